The van der Waals surface area contributed by atoms with Gasteiger partial charge in [-0.3, -0.25) is 0 Å². The number of rotatable bonds is 4. The van der Waals surface area contributed by atoms with E-state index in [0.717, 1.165) is 28.8 Å². The molecule has 0 amide bonds. The highest BCUT2D eigenvalue weighted by molar-refractivity contribution is 7.98. The van der Waals surface area contributed by atoms with E-state index >= 15 is 0 Å². The summed E-state index contributed by atoms with van der Waals surface area (Å²) in [5.74, 6) is 0.974. The fraction of sp³-hybridized carbons (Fsp3) is 0.417. The third-order valence-corrected chi connectivity index (χ3v) is 3.37. The summed E-state index contributed by atoms with van der Waals surface area (Å²) >= 11 is 1.75. The van der Waals surface area contributed by atoms with Gasteiger partial charge in [0.2, 0.25) is 0 Å². The van der Waals surface area contributed by atoms with E-state index in [2.05, 4.69) is 11.2 Å². The predicted octanol–water partition coefficient (Wildman–Crippen LogP) is 2.36. The van der Waals surface area contributed by atoms with Crippen LogP contribution < -0.4 is 0 Å². The molecule has 3 nitrogen and oxygen atoms in total. The Kier molecular flexibility index (Phi) is 3.51. The molecule has 86 valence electrons. The lowest BCUT2D eigenvalue weighted by Gasteiger charge is -2.09. The summed E-state index contributed by atoms with van der Waals surface area (Å²) in [5.41, 5.74) is 3.00. The second-order valence-electron chi connectivity index (χ2n) is 3.90. The Morgan fingerprint density at radius 2 is 2.31 bits per heavy atom. The van der Waals surface area contributed by atoms with Gasteiger partial charge in [0.05, 0.1) is 23.5 Å². The molecular formula is C12H16N2OS. The Morgan fingerprint density at radius 3 is 3.06 bits per heavy atom. The monoisotopic (exact) mass is 236 g/mol. The number of aliphatic hydroxyl groups excluding tert-OH is 1. The molecule has 1 heterocycles. The molecule has 0 aliphatic carbocycles. The number of imidazole rings is 1. The van der Waals surface area contributed by atoms with Gasteiger partial charge in [-0.1, -0.05) is 6.07 Å². The minimum absolute atomic E-state index is 0.376. The molecule has 1 atom stereocenters. The van der Waals surface area contributed by atoms with E-state index in [1.54, 1.807) is 18.1 Å². The molecule has 0 saturated carbocycles. The highest BCUT2D eigenvalue weighted by Gasteiger charge is 2.09. The minimum atomic E-state index is -0.376. The van der Waals surface area contributed by atoms with Crippen molar-refractivity contribution in [1.82, 2.24) is 9.55 Å². The Morgan fingerprint density at radius 1 is 1.50 bits per heavy atom. The van der Waals surface area contributed by atoms with Gasteiger partial charge in [0.25, 0.3) is 0 Å². The summed E-state index contributed by atoms with van der Waals surface area (Å²) in [6.45, 7) is 0. The average Bonchev–Trinajstić information content (AvgIpc) is 2.67. The van der Waals surface area contributed by atoms with Crippen LogP contribution in [-0.4, -0.2) is 26.7 Å². The maximum atomic E-state index is 9.97. The van der Waals surface area contributed by atoms with Crippen LogP contribution in [0.15, 0.2) is 24.5 Å². The van der Waals surface area contributed by atoms with Gasteiger partial charge in [-0.2, -0.15) is 11.8 Å². The first kappa shape index (κ1) is 11.5. The summed E-state index contributed by atoms with van der Waals surface area (Å²) in [7, 11) is 1.97. The summed E-state index contributed by atoms with van der Waals surface area (Å²) in [4.78, 5) is 4.29. The zero-order valence-corrected chi connectivity index (χ0v) is 10.4. The van der Waals surface area contributed by atoms with Gasteiger partial charge < -0.3 is 9.67 Å². The van der Waals surface area contributed by atoms with Gasteiger partial charge in [0.1, 0.15) is 0 Å². The predicted molar refractivity (Wildman–Crippen MR) is 68.7 cm³/mol. The Labute approximate surface area is 99.5 Å². The second-order valence-corrected chi connectivity index (χ2v) is 4.89. The summed E-state index contributed by atoms with van der Waals surface area (Å²) in [5, 5.41) is 9.97. The maximum Gasteiger partial charge on any atom is 0.0955 e. The van der Waals surface area contributed by atoms with Crippen molar-refractivity contribution in [3.8, 4) is 0 Å². The SMILES string of the molecule is CSCCC(O)c1ccc2c(c1)ncn2C. The largest absolute Gasteiger partial charge is 0.388 e. The minimum Gasteiger partial charge on any atom is -0.388 e. The van der Waals surface area contributed by atoms with Crippen molar-refractivity contribution >= 4 is 22.8 Å². The summed E-state index contributed by atoms with van der Waals surface area (Å²) in [6.07, 6.45) is 4.26. The van der Waals surface area contributed by atoms with Crippen molar-refractivity contribution in [2.45, 2.75) is 12.5 Å². The molecule has 0 saturated heterocycles. The highest BCUT2D eigenvalue weighted by Crippen LogP contribution is 2.22. The average molecular weight is 236 g/mol. The van der Waals surface area contributed by atoms with Crippen LogP contribution in [-0.2, 0) is 7.05 Å². The fourth-order valence-electron chi connectivity index (χ4n) is 1.76. The number of benzene rings is 1. The van der Waals surface area contributed by atoms with Gasteiger partial charge in [0.15, 0.2) is 0 Å². The van der Waals surface area contributed by atoms with Gasteiger partial charge >= 0.3 is 0 Å². The highest BCUT2D eigenvalue weighted by atomic mass is 32.2. The molecule has 4 heteroatoms. The Balaban J connectivity index is 2.25. The van der Waals surface area contributed by atoms with Gasteiger partial charge in [0, 0.05) is 7.05 Å². The van der Waals surface area contributed by atoms with E-state index in [1.807, 2.05) is 29.8 Å². The number of aliphatic hydroxyl groups is 1. The third kappa shape index (κ3) is 2.23. The van der Waals surface area contributed by atoms with Crippen LogP contribution in [0.1, 0.15) is 18.1 Å². The van der Waals surface area contributed by atoms with Crippen molar-refractivity contribution in [3.63, 3.8) is 0 Å². The van der Waals surface area contributed by atoms with E-state index in [4.69, 9.17) is 0 Å². The molecule has 0 aliphatic rings. The van der Waals surface area contributed by atoms with Gasteiger partial charge in [-0.05, 0) is 36.1 Å². The van der Waals surface area contributed by atoms with Crippen molar-refractivity contribution in [2.24, 2.45) is 7.05 Å². The summed E-state index contributed by atoms with van der Waals surface area (Å²) in [6, 6.07) is 5.97. The second kappa shape index (κ2) is 4.89. The normalized spacial score (nSPS) is 13.2. The number of hydrogen-bond acceptors (Lipinski definition) is 3. The molecule has 0 fully saturated rings. The third-order valence-electron chi connectivity index (χ3n) is 2.73. The topological polar surface area (TPSA) is 38.1 Å². The number of fused-ring (bicyclic) bond motifs is 1. The van der Waals surface area contributed by atoms with Crippen molar-refractivity contribution in [1.29, 1.82) is 0 Å². The smallest absolute Gasteiger partial charge is 0.0955 e. The Bertz CT molecular complexity index is 481. The summed E-state index contributed by atoms with van der Waals surface area (Å²) < 4.78 is 1.98. The lowest BCUT2D eigenvalue weighted by Crippen LogP contribution is -1.98. The van der Waals surface area contributed by atoms with Crippen LogP contribution in [0, 0.1) is 0 Å². The molecule has 0 bridgehead atoms. The quantitative estimate of drug-likeness (QED) is 0.885. The van der Waals surface area contributed by atoms with Crippen LogP contribution in [0.3, 0.4) is 0 Å². The van der Waals surface area contributed by atoms with E-state index in [0.29, 0.717) is 0 Å². The molecule has 16 heavy (non-hydrogen) atoms. The molecule has 1 aromatic heterocycles. The van der Waals surface area contributed by atoms with Crippen LogP contribution in [0.5, 0.6) is 0 Å². The number of hydrogen-bond donors (Lipinski definition) is 1. The molecule has 0 radical (unpaired) electrons. The lowest BCUT2D eigenvalue weighted by molar-refractivity contribution is 0.175. The van der Waals surface area contributed by atoms with Crippen molar-refractivity contribution < 1.29 is 5.11 Å². The standard InChI is InChI=1S/C12H16N2OS/c1-14-8-13-10-7-9(3-4-11(10)14)12(15)5-6-16-2/h3-4,7-8,12,15H,5-6H2,1-2H3. The first-order chi connectivity index (χ1) is 7.72. The van der Waals surface area contributed by atoms with E-state index in [-0.39, 0.29) is 6.10 Å². The molecule has 0 spiro atoms. The van der Waals surface area contributed by atoms with Gasteiger partial charge in [-0.15, -0.1) is 0 Å². The Hall–Kier alpha value is -1.00. The van der Waals surface area contributed by atoms with Crippen LogP contribution in [0.2, 0.25) is 0 Å². The first-order valence-corrected chi connectivity index (χ1v) is 6.69. The zero-order chi connectivity index (χ0) is 11.5. The van der Waals surface area contributed by atoms with E-state index in [9.17, 15) is 5.11 Å². The van der Waals surface area contributed by atoms with Crippen molar-refractivity contribution in [3.05, 3.63) is 30.1 Å². The molecule has 2 rings (SSSR count). The maximum absolute atomic E-state index is 9.97. The number of nitrogens with zero attached hydrogens (tertiary/aromatic N) is 2. The number of aromatic nitrogens is 2. The molecular weight excluding hydrogens is 220 g/mol. The van der Waals surface area contributed by atoms with Crippen LogP contribution >= 0.6 is 11.8 Å². The van der Waals surface area contributed by atoms with Gasteiger partial charge in [-0.25, -0.2) is 4.98 Å². The zero-order valence-electron chi connectivity index (χ0n) is 9.55. The molecule has 1 N–H and O–H groups in total. The van der Waals surface area contributed by atoms with E-state index in [1.165, 1.54) is 0 Å². The van der Waals surface area contributed by atoms with Crippen molar-refractivity contribution in [2.75, 3.05) is 12.0 Å². The van der Waals surface area contributed by atoms with E-state index < -0.39 is 0 Å². The van der Waals surface area contributed by atoms with Crippen LogP contribution in [0.25, 0.3) is 11.0 Å². The molecule has 1 unspecified atom stereocenters. The fourth-order valence-corrected chi connectivity index (χ4v) is 2.22. The van der Waals surface area contributed by atoms with Crippen LogP contribution in [0.4, 0.5) is 0 Å². The molecule has 0 aliphatic heterocycles. The molecule has 2 aromatic rings. The first-order valence-electron chi connectivity index (χ1n) is 5.30. The number of thioether (sulfide) groups is 1. The lowest BCUT2D eigenvalue weighted by atomic mass is 10.1. The number of aryl methyl sites for hydroxylation is 1. The molecule has 1 aromatic carbocycles.